The van der Waals surface area contributed by atoms with E-state index in [0.717, 1.165) is 0 Å². The Balaban J connectivity index is 4.31. The first-order chi connectivity index (χ1) is 6.74. The fourth-order valence-corrected chi connectivity index (χ4v) is 1.29. The lowest BCUT2D eigenvalue weighted by Gasteiger charge is -2.29. The van der Waals surface area contributed by atoms with Gasteiger partial charge in [-0.3, -0.25) is 4.79 Å². The number of aliphatic carboxylic acids is 1. The SMILES string of the molecule is C[N+](C)(C)C[C@@H](CC(=O)[O-])OC(=O)CBr. The highest BCUT2D eigenvalue weighted by molar-refractivity contribution is 9.09. The summed E-state index contributed by atoms with van der Waals surface area (Å²) in [6.07, 6.45) is -0.908. The maximum Gasteiger partial charge on any atom is 0.317 e. The number of likely N-dealkylation sites (N-methyl/N-ethyl adjacent to an activating group) is 1. The van der Waals surface area contributed by atoms with Gasteiger partial charge < -0.3 is 19.1 Å². The van der Waals surface area contributed by atoms with Gasteiger partial charge in [0.15, 0.2) is 6.10 Å². The molecule has 0 fully saturated rings. The molecule has 0 radical (unpaired) electrons. The molecule has 6 heteroatoms. The molecule has 0 saturated heterocycles. The predicted octanol–water partition coefficient (Wildman–Crippen LogP) is -0.861. The maximum atomic E-state index is 11.0. The third-order valence-corrected chi connectivity index (χ3v) is 2.01. The van der Waals surface area contributed by atoms with Crippen molar-refractivity contribution < 1.29 is 23.9 Å². The molecule has 0 bridgehead atoms. The van der Waals surface area contributed by atoms with Crippen molar-refractivity contribution in [1.29, 1.82) is 0 Å². The zero-order chi connectivity index (χ0) is 12.1. The number of esters is 1. The van der Waals surface area contributed by atoms with Crippen LogP contribution in [0.15, 0.2) is 0 Å². The van der Waals surface area contributed by atoms with Gasteiger partial charge >= 0.3 is 5.97 Å². The van der Waals surface area contributed by atoms with Crippen molar-refractivity contribution in [2.45, 2.75) is 12.5 Å². The number of hydrogen-bond acceptors (Lipinski definition) is 4. The molecule has 0 aromatic carbocycles. The summed E-state index contributed by atoms with van der Waals surface area (Å²) in [5.74, 6) is -1.68. The van der Waals surface area contributed by atoms with Gasteiger partial charge in [0.05, 0.1) is 21.1 Å². The molecule has 0 aliphatic heterocycles. The number of carbonyl (C=O) groups excluding carboxylic acids is 2. The van der Waals surface area contributed by atoms with Crippen molar-refractivity contribution >= 4 is 27.9 Å². The first-order valence-corrected chi connectivity index (χ1v) is 5.62. The zero-order valence-electron chi connectivity index (χ0n) is 9.16. The normalized spacial score (nSPS) is 13.3. The Hall–Kier alpha value is -0.620. The van der Waals surface area contributed by atoms with E-state index in [1.54, 1.807) is 0 Å². The Bertz CT molecular complexity index is 237. The second kappa shape index (κ2) is 6.07. The number of carbonyl (C=O) groups is 2. The van der Waals surface area contributed by atoms with Crippen LogP contribution in [-0.4, -0.2) is 55.5 Å². The quantitative estimate of drug-likeness (QED) is 0.361. The lowest BCUT2D eigenvalue weighted by Crippen LogP contribution is -2.45. The predicted molar refractivity (Wildman–Crippen MR) is 56.2 cm³/mol. The van der Waals surface area contributed by atoms with E-state index in [1.165, 1.54) is 0 Å². The van der Waals surface area contributed by atoms with Gasteiger partial charge in [-0.15, -0.1) is 0 Å². The van der Waals surface area contributed by atoms with Gasteiger partial charge in [0.2, 0.25) is 0 Å². The van der Waals surface area contributed by atoms with Gasteiger partial charge in [-0.1, -0.05) is 15.9 Å². The summed E-state index contributed by atoms with van der Waals surface area (Å²) in [5.41, 5.74) is 0. The fraction of sp³-hybridized carbons (Fsp3) is 0.778. The molecular formula is C9H16BrNO4. The molecule has 1 atom stereocenters. The fourth-order valence-electron chi connectivity index (χ4n) is 1.16. The monoisotopic (exact) mass is 281 g/mol. The number of ether oxygens (including phenoxy) is 1. The average molecular weight is 282 g/mol. The number of nitrogens with zero attached hydrogens (tertiary/aromatic N) is 1. The molecule has 0 rings (SSSR count). The van der Waals surface area contributed by atoms with E-state index in [2.05, 4.69) is 15.9 Å². The van der Waals surface area contributed by atoms with E-state index in [9.17, 15) is 14.7 Å². The van der Waals surface area contributed by atoms with E-state index in [4.69, 9.17) is 4.74 Å². The second-order valence-electron chi connectivity index (χ2n) is 4.29. The number of hydrogen-bond donors (Lipinski definition) is 0. The molecule has 0 saturated carbocycles. The van der Waals surface area contributed by atoms with Gasteiger partial charge in [0.1, 0.15) is 11.9 Å². The summed E-state index contributed by atoms with van der Waals surface area (Å²) in [6, 6.07) is 0. The lowest BCUT2D eigenvalue weighted by atomic mass is 10.2. The highest BCUT2D eigenvalue weighted by atomic mass is 79.9. The third-order valence-electron chi connectivity index (χ3n) is 1.55. The number of quaternary nitrogens is 1. The van der Waals surface area contributed by atoms with Crippen molar-refractivity contribution in [1.82, 2.24) is 0 Å². The standard InChI is InChI=1S/C9H16BrNO4/c1-11(2,3)6-7(4-8(12)13)15-9(14)5-10/h7H,4-6H2,1-3H3/t7-/m1/s1. The van der Waals surface area contributed by atoms with Crippen LogP contribution in [0.25, 0.3) is 0 Å². The highest BCUT2D eigenvalue weighted by Crippen LogP contribution is 2.05. The maximum absolute atomic E-state index is 11.0. The molecule has 15 heavy (non-hydrogen) atoms. The smallest absolute Gasteiger partial charge is 0.317 e. The Kier molecular flexibility index (Phi) is 5.82. The molecule has 0 spiro atoms. The topological polar surface area (TPSA) is 66.4 Å². The Labute approximate surface area is 97.7 Å². The minimum atomic E-state index is -1.21. The zero-order valence-corrected chi connectivity index (χ0v) is 10.7. The van der Waals surface area contributed by atoms with Gasteiger partial charge in [-0.2, -0.15) is 0 Å². The van der Waals surface area contributed by atoms with Crippen LogP contribution in [0.5, 0.6) is 0 Å². The number of carboxylic acid groups (broad SMARTS) is 1. The van der Waals surface area contributed by atoms with Crippen LogP contribution < -0.4 is 5.11 Å². The largest absolute Gasteiger partial charge is 0.550 e. The first kappa shape index (κ1) is 14.4. The van der Waals surface area contributed by atoms with E-state index < -0.39 is 18.0 Å². The molecule has 0 aliphatic rings. The van der Waals surface area contributed by atoms with Gasteiger partial charge in [-0.25, -0.2) is 0 Å². The average Bonchev–Trinajstić information content (AvgIpc) is 1.99. The van der Waals surface area contributed by atoms with Crippen LogP contribution in [0.1, 0.15) is 6.42 Å². The number of halogens is 1. The van der Waals surface area contributed by atoms with E-state index in [0.29, 0.717) is 11.0 Å². The molecule has 0 aromatic rings. The minimum absolute atomic E-state index is 0.0632. The third kappa shape index (κ3) is 8.38. The number of rotatable bonds is 6. The molecule has 0 aromatic heterocycles. The van der Waals surface area contributed by atoms with Gasteiger partial charge in [0.25, 0.3) is 0 Å². The van der Waals surface area contributed by atoms with Crippen LogP contribution in [-0.2, 0) is 14.3 Å². The summed E-state index contributed by atoms with van der Waals surface area (Å²) in [7, 11) is 5.68. The molecule has 0 heterocycles. The molecule has 0 unspecified atom stereocenters. The van der Waals surface area contributed by atoms with Crippen molar-refractivity contribution in [2.24, 2.45) is 0 Å². The minimum Gasteiger partial charge on any atom is -0.550 e. The molecule has 0 N–H and O–H groups in total. The Morgan fingerprint density at radius 2 is 1.93 bits per heavy atom. The van der Waals surface area contributed by atoms with Crippen molar-refractivity contribution in [3.63, 3.8) is 0 Å². The van der Waals surface area contributed by atoms with E-state index >= 15 is 0 Å². The summed E-state index contributed by atoms with van der Waals surface area (Å²) < 4.78 is 5.49. The molecule has 0 amide bonds. The van der Waals surface area contributed by atoms with Gasteiger partial charge in [-0.05, 0) is 0 Å². The summed E-state index contributed by atoms with van der Waals surface area (Å²) in [6.45, 7) is 0.437. The number of alkyl halides is 1. The van der Waals surface area contributed by atoms with E-state index in [1.807, 2.05) is 21.1 Å². The molecule has 88 valence electrons. The van der Waals surface area contributed by atoms with Crippen molar-refractivity contribution in [3.05, 3.63) is 0 Å². The second-order valence-corrected chi connectivity index (χ2v) is 4.86. The van der Waals surface area contributed by atoms with Crippen LogP contribution in [0, 0.1) is 0 Å². The highest BCUT2D eigenvalue weighted by Gasteiger charge is 2.21. The molecular weight excluding hydrogens is 266 g/mol. The lowest BCUT2D eigenvalue weighted by molar-refractivity contribution is -0.873. The van der Waals surface area contributed by atoms with Gasteiger partial charge in [0, 0.05) is 12.4 Å². The Morgan fingerprint density at radius 3 is 2.27 bits per heavy atom. The van der Waals surface area contributed by atoms with Crippen molar-refractivity contribution in [2.75, 3.05) is 33.0 Å². The Morgan fingerprint density at radius 1 is 1.40 bits per heavy atom. The van der Waals surface area contributed by atoms with Crippen molar-refractivity contribution in [3.8, 4) is 0 Å². The molecule has 5 nitrogen and oxygen atoms in total. The van der Waals surface area contributed by atoms with Crippen LogP contribution in [0.4, 0.5) is 0 Å². The summed E-state index contributed by atoms with van der Waals surface area (Å²) in [4.78, 5) is 21.4. The first-order valence-electron chi connectivity index (χ1n) is 4.50. The van der Waals surface area contributed by atoms with Crippen LogP contribution in [0.2, 0.25) is 0 Å². The van der Waals surface area contributed by atoms with Crippen LogP contribution >= 0.6 is 15.9 Å². The summed E-state index contributed by atoms with van der Waals surface area (Å²) >= 11 is 2.95. The molecule has 0 aliphatic carbocycles. The van der Waals surface area contributed by atoms with E-state index in [-0.39, 0.29) is 11.8 Å². The summed E-state index contributed by atoms with van der Waals surface area (Å²) in [5, 5.41) is 10.5. The van der Waals surface area contributed by atoms with Crippen LogP contribution in [0.3, 0.4) is 0 Å². The number of carboxylic acids is 1.